The number of nitrogens with one attached hydrogen (secondary N) is 2. The van der Waals surface area contributed by atoms with E-state index in [1.54, 1.807) is 14.2 Å². The fourth-order valence-corrected chi connectivity index (χ4v) is 2.94. The molecule has 5 heteroatoms. The van der Waals surface area contributed by atoms with Crippen LogP contribution in [0.2, 0.25) is 5.54 Å². The monoisotopic (exact) mass is 189 g/mol. The quantitative estimate of drug-likeness (QED) is 0.589. The Bertz CT molecular complexity index is 125. The minimum Gasteiger partial charge on any atom is -0.400 e. The van der Waals surface area contributed by atoms with E-state index in [4.69, 9.17) is 8.85 Å². The summed E-state index contributed by atoms with van der Waals surface area (Å²) in [5.74, 6) is 0. The van der Waals surface area contributed by atoms with Crippen molar-refractivity contribution in [1.29, 1.82) is 0 Å². The Hall–Kier alpha value is 0.0569. The average molecular weight is 189 g/mol. The highest BCUT2D eigenvalue weighted by molar-refractivity contribution is 6.46. The molecule has 1 unspecified atom stereocenters. The molecule has 0 bridgehead atoms. The Morgan fingerprint density at radius 1 is 1.25 bits per heavy atom. The zero-order valence-electron chi connectivity index (χ0n) is 7.89. The molecule has 0 aromatic carbocycles. The van der Waals surface area contributed by atoms with Crippen LogP contribution in [0.15, 0.2) is 0 Å². The number of rotatable bonds is 4. The normalized spacial score (nSPS) is 22.0. The molecule has 12 heavy (non-hydrogen) atoms. The van der Waals surface area contributed by atoms with Crippen LogP contribution >= 0.6 is 0 Å². The predicted octanol–water partition coefficient (Wildman–Crippen LogP) is -0.428. The zero-order chi connectivity index (χ0) is 8.97. The van der Waals surface area contributed by atoms with E-state index < -0.39 is 9.28 Å². The molecule has 1 fully saturated rings. The van der Waals surface area contributed by atoms with Crippen molar-refractivity contribution in [3.05, 3.63) is 6.17 Å². The second-order valence-electron chi connectivity index (χ2n) is 2.90. The van der Waals surface area contributed by atoms with E-state index in [9.17, 15) is 0 Å². The van der Waals surface area contributed by atoms with Gasteiger partial charge < -0.3 is 8.85 Å². The largest absolute Gasteiger partial charge is 0.400 e. The van der Waals surface area contributed by atoms with Gasteiger partial charge >= 0.3 is 9.28 Å². The molecule has 1 aliphatic heterocycles. The SMILES string of the molecule is CO[SiH](OC)C(C)[C]1NCCN1. The summed E-state index contributed by atoms with van der Waals surface area (Å²) in [6.07, 6.45) is 1.18. The Balaban J connectivity index is 2.37. The van der Waals surface area contributed by atoms with Crippen molar-refractivity contribution in [3.63, 3.8) is 0 Å². The Morgan fingerprint density at radius 2 is 1.75 bits per heavy atom. The molecular formula is C7H17N2O2Si. The smallest absolute Gasteiger partial charge is 0.327 e. The van der Waals surface area contributed by atoms with E-state index in [-0.39, 0.29) is 0 Å². The lowest BCUT2D eigenvalue weighted by Gasteiger charge is -2.23. The van der Waals surface area contributed by atoms with Crippen LogP contribution in [0, 0.1) is 6.17 Å². The van der Waals surface area contributed by atoms with Crippen molar-refractivity contribution in [3.8, 4) is 0 Å². The maximum absolute atomic E-state index is 5.29. The van der Waals surface area contributed by atoms with Gasteiger partial charge in [-0.3, -0.25) is 10.6 Å². The van der Waals surface area contributed by atoms with E-state index in [0.717, 1.165) is 13.1 Å². The van der Waals surface area contributed by atoms with Crippen LogP contribution in [0.4, 0.5) is 0 Å². The summed E-state index contributed by atoms with van der Waals surface area (Å²) in [5, 5.41) is 6.57. The van der Waals surface area contributed by atoms with Gasteiger partial charge in [-0.1, -0.05) is 6.92 Å². The van der Waals surface area contributed by atoms with Gasteiger partial charge in [-0.2, -0.15) is 0 Å². The van der Waals surface area contributed by atoms with Crippen molar-refractivity contribution in [2.75, 3.05) is 27.3 Å². The van der Waals surface area contributed by atoms with Gasteiger partial charge in [0.1, 0.15) is 6.17 Å². The molecule has 4 nitrogen and oxygen atoms in total. The first-order chi connectivity index (χ1) is 5.79. The fourth-order valence-electron chi connectivity index (χ4n) is 1.42. The molecule has 71 valence electrons. The molecule has 0 spiro atoms. The van der Waals surface area contributed by atoms with Gasteiger partial charge in [-0.25, -0.2) is 0 Å². The van der Waals surface area contributed by atoms with Crippen molar-refractivity contribution in [2.45, 2.75) is 12.5 Å². The first-order valence-corrected chi connectivity index (χ1v) is 5.80. The summed E-state index contributed by atoms with van der Waals surface area (Å²) >= 11 is 0. The molecule has 0 saturated carbocycles. The molecule has 0 amide bonds. The summed E-state index contributed by atoms with van der Waals surface area (Å²) in [4.78, 5) is 0. The zero-order valence-corrected chi connectivity index (χ0v) is 9.04. The molecule has 1 heterocycles. The minimum absolute atomic E-state index is 0.377. The first kappa shape index (κ1) is 10.1. The first-order valence-electron chi connectivity index (χ1n) is 4.19. The highest BCUT2D eigenvalue weighted by Gasteiger charge is 2.30. The molecule has 1 rings (SSSR count). The third kappa shape index (κ3) is 2.27. The van der Waals surface area contributed by atoms with Gasteiger partial charge in [0.05, 0.1) is 0 Å². The maximum atomic E-state index is 5.29. The van der Waals surface area contributed by atoms with E-state index in [1.165, 1.54) is 6.17 Å². The van der Waals surface area contributed by atoms with Crippen molar-refractivity contribution < 1.29 is 8.85 Å². The fraction of sp³-hybridized carbons (Fsp3) is 0.857. The van der Waals surface area contributed by atoms with Crippen LogP contribution in [0.25, 0.3) is 0 Å². The van der Waals surface area contributed by atoms with E-state index >= 15 is 0 Å². The Labute approximate surface area is 75.5 Å². The van der Waals surface area contributed by atoms with Gasteiger partial charge in [-0.05, 0) is 0 Å². The van der Waals surface area contributed by atoms with Gasteiger partial charge in [0.25, 0.3) is 0 Å². The maximum Gasteiger partial charge on any atom is 0.327 e. The number of hydrogen-bond acceptors (Lipinski definition) is 4. The van der Waals surface area contributed by atoms with Crippen molar-refractivity contribution >= 4 is 9.28 Å². The third-order valence-electron chi connectivity index (χ3n) is 2.08. The van der Waals surface area contributed by atoms with Crippen molar-refractivity contribution in [1.82, 2.24) is 10.6 Å². The van der Waals surface area contributed by atoms with Gasteiger partial charge in [-0.15, -0.1) is 0 Å². The minimum atomic E-state index is -1.50. The van der Waals surface area contributed by atoms with Crippen LogP contribution in [0.5, 0.6) is 0 Å². The molecule has 1 saturated heterocycles. The lowest BCUT2D eigenvalue weighted by atomic mass is 10.4. The summed E-state index contributed by atoms with van der Waals surface area (Å²) in [7, 11) is 1.93. The topological polar surface area (TPSA) is 42.5 Å². The average Bonchev–Trinajstić information content (AvgIpc) is 2.58. The van der Waals surface area contributed by atoms with Crippen LogP contribution < -0.4 is 10.6 Å². The lowest BCUT2D eigenvalue weighted by Crippen LogP contribution is -2.36. The molecule has 0 aromatic rings. The van der Waals surface area contributed by atoms with Crippen molar-refractivity contribution in [2.24, 2.45) is 0 Å². The Kier molecular flexibility index (Phi) is 4.17. The summed E-state index contributed by atoms with van der Waals surface area (Å²) in [6, 6.07) is 0. The standard InChI is InChI=1S/C7H17N2O2Si/c1-6(12(10-2)11-3)7-8-4-5-9-7/h6,8-9,12H,4-5H2,1-3H3. The summed E-state index contributed by atoms with van der Waals surface area (Å²) in [5.41, 5.74) is 0.377. The molecule has 1 aliphatic rings. The van der Waals surface area contributed by atoms with Crippen LogP contribution in [-0.4, -0.2) is 36.6 Å². The van der Waals surface area contributed by atoms with Gasteiger partial charge in [0, 0.05) is 32.9 Å². The molecular weight excluding hydrogens is 172 g/mol. The second-order valence-corrected chi connectivity index (χ2v) is 5.58. The second kappa shape index (κ2) is 4.93. The lowest BCUT2D eigenvalue weighted by molar-refractivity contribution is 0.265. The molecule has 0 aliphatic carbocycles. The van der Waals surface area contributed by atoms with E-state index in [0.29, 0.717) is 5.54 Å². The molecule has 1 atom stereocenters. The van der Waals surface area contributed by atoms with Crippen LogP contribution in [-0.2, 0) is 8.85 Å². The molecule has 0 aromatic heterocycles. The van der Waals surface area contributed by atoms with Gasteiger partial charge in [0.2, 0.25) is 0 Å². The van der Waals surface area contributed by atoms with Crippen LogP contribution in [0.1, 0.15) is 6.92 Å². The number of hydrogen-bond donors (Lipinski definition) is 2. The third-order valence-corrected chi connectivity index (χ3v) is 4.16. The van der Waals surface area contributed by atoms with Gasteiger partial charge in [0.15, 0.2) is 0 Å². The molecule has 1 radical (unpaired) electrons. The van der Waals surface area contributed by atoms with E-state index in [2.05, 4.69) is 17.6 Å². The molecule has 2 N–H and O–H groups in total. The van der Waals surface area contributed by atoms with E-state index in [1.807, 2.05) is 0 Å². The highest BCUT2D eigenvalue weighted by atomic mass is 28.3. The summed E-state index contributed by atoms with van der Waals surface area (Å²) in [6.45, 7) is 4.15. The summed E-state index contributed by atoms with van der Waals surface area (Å²) < 4.78 is 10.6. The predicted molar refractivity (Wildman–Crippen MR) is 49.8 cm³/mol. The Morgan fingerprint density at radius 3 is 2.17 bits per heavy atom. The highest BCUT2D eigenvalue weighted by Crippen LogP contribution is 2.20. The van der Waals surface area contributed by atoms with Crippen LogP contribution in [0.3, 0.4) is 0 Å².